The fourth-order valence-electron chi connectivity index (χ4n) is 1.31. The van der Waals surface area contributed by atoms with E-state index in [1.807, 2.05) is 0 Å². The average Bonchev–Trinajstić information content (AvgIpc) is 2.43. The van der Waals surface area contributed by atoms with E-state index in [9.17, 15) is 9.59 Å². The normalized spacial score (nSPS) is 11.7. The lowest BCUT2D eigenvalue weighted by atomic mass is 10.1. The Morgan fingerprint density at radius 2 is 1.94 bits per heavy atom. The fourth-order valence-corrected chi connectivity index (χ4v) is 1.45. The minimum absolute atomic E-state index is 0.0814. The Bertz CT molecular complexity index is 417. The van der Waals surface area contributed by atoms with Crippen molar-refractivity contribution in [2.24, 2.45) is 5.92 Å². The number of ether oxygens (including phenoxy) is 1. The molecule has 0 aliphatic heterocycles. The lowest BCUT2D eigenvalue weighted by molar-refractivity contribution is -0.124. The van der Waals surface area contributed by atoms with Gasteiger partial charge in [-0.2, -0.15) is 0 Å². The largest absolute Gasteiger partial charge is 0.465 e. The number of alkyl halides is 1. The van der Waals surface area contributed by atoms with Crippen LogP contribution in [0.5, 0.6) is 0 Å². The van der Waals surface area contributed by atoms with E-state index in [4.69, 9.17) is 11.6 Å². The number of hydrogen-bond acceptors (Lipinski definition) is 3. The van der Waals surface area contributed by atoms with Crippen molar-refractivity contribution in [3.05, 3.63) is 35.4 Å². The first-order chi connectivity index (χ1) is 8.58. The van der Waals surface area contributed by atoms with Crippen molar-refractivity contribution in [3.63, 3.8) is 0 Å². The number of carbonyl (C=O) groups is 2. The van der Waals surface area contributed by atoms with E-state index in [2.05, 4.69) is 10.1 Å². The SMILES string of the molecule is COC(=O)c1ccc(CNC(=O)C(C)CCl)cc1. The highest BCUT2D eigenvalue weighted by Gasteiger charge is 2.10. The van der Waals surface area contributed by atoms with Crippen molar-refractivity contribution >= 4 is 23.5 Å². The summed E-state index contributed by atoms with van der Waals surface area (Å²) in [6.45, 7) is 2.18. The molecule has 18 heavy (non-hydrogen) atoms. The average molecular weight is 270 g/mol. The molecule has 98 valence electrons. The van der Waals surface area contributed by atoms with Gasteiger partial charge in [0.25, 0.3) is 0 Å². The molecule has 0 heterocycles. The summed E-state index contributed by atoms with van der Waals surface area (Å²) in [7, 11) is 1.34. The second-order valence-corrected chi connectivity index (χ2v) is 4.27. The summed E-state index contributed by atoms with van der Waals surface area (Å²) in [6.07, 6.45) is 0. The molecule has 0 saturated heterocycles. The molecule has 0 radical (unpaired) electrons. The highest BCUT2D eigenvalue weighted by atomic mass is 35.5. The number of nitrogens with one attached hydrogen (secondary N) is 1. The lowest BCUT2D eigenvalue weighted by Gasteiger charge is -2.09. The highest BCUT2D eigenvalue weighted by Crippen LogP contribution is 2.06. The fraction of sp³-hybridized carbons (Fsp3) is 0.385. The third kappa shape index (κ3) is 4.04. The molecule has 1 unspecified atom stereocenters. The van der Waals surface area contributed by atoms with E-state index >= 15 is 0 Å². The summed E-state index contributed by atoms with van der Waals surface area (Å²) < 4.78 is 4.60. The van der Waals surface area contributed by atoms with Crippen LogP contribution in [0.15, 0.2) is 24.3 Å². The Morgan fingerprint density at radius 1 is 1.33 bits per heavy atom. The number of esters is 1. The van der Waals surface area contributed by atoms with E-state index in [1.54, 1.807) is 31.2 Å². The van der Waals surface area contributed by atoms with E-state index < -0.39 is 0 Å². The smallest absolute Gasteiger partial charge is 0.337 e. The van der Waals surface area contributed by atoms with Crippen LogP contribution in [-0.4, -0.2) is 24.9 Å². The summed E-state index contributed by atoms with van der Waals surface area (Å²) in [6, 6.07) is 6.88. The minimum Gasteiger partial charge on any atom is -0.465 e. The van der Waals surface area contributed by atoms with Gasteiger partial charge in [0.1, 0.15) is 0 Å². The van der Waals surface area contributed by atoms with Gasteiger partial charge in [0.05, 0.1) is 12.7 Å². The summed E-state index contributed by atoms with van der Waals surface area (Å²) in [4.78, 5) is 22.7. The standard InChI is InChI=1S/C13H16ClNO3/c1-9(7-14)12(16)15-8-10-3-5-11(6-4-10)13(17)18-2/h3-6,9H,7-8H2,1-2H3,(H,15,16). The molecule has 1 atom stereocenters. The summed E-state index contributed by atoms with van der Waals surface area (Å²) in [5.74, 6) is -0.364. The molecule has 4 nitrogen and oxygen atoms in total. The van der Waals surface area contributed by atoms with Gasteiger partial charge in [-0.25, -0.2) is 4.79 Å². The molecule has 0 aliphatic carbocycles. The number of methoxy groups -OCH3 is 1. The van der Waals surface area contributed by atoms with Crippen molar-refractivity contribution in [2.45, 2.75) is 13.5 Å². The van der Waals surface area contributed by atoms with Crippen LogP contribution < -0.4 is 5.32 Å². The van der Waals surface area contributed by atoms with Gasteiger partial charge in [0, 0.05) is 18.3 Å². The van der Waals surface area contributed by atoms with Crippen LogP contribution in [-0.2, 0) is 16.1 Å². The van der Waals surface area contributed by atoms with Gasteiger partial charge in [-0.15, -0.1) is 11.6 Å². The van der Waals surface area contributed by atoms with Crippen LogP contribution in [0.25, 0.3) is 0 Å². The summed E-state index contributed by atoms with van der Waals surface area (Å²) in [5, 5.41) is 2.77. The molecule has 0 bridgehead atoms. The Morgan fingerprint density at radius 3 is 2.44 bits per heavy atom. The van der Waals surface area contributed by atoms with E-state index in [-0.39, 0.29) is 17.8 Å². The van der Waals surface area contributed by atoms with Crippen LogP contribution in [0.1, 0.15) is 22.8 Å². The van der Waals surface area contributed by atoms with E-state index in [0.29, 0.717) is 18.0 Å². The maximum Gasteiger partial charge on any atom is 0.337 e. The highest BCUT2D eigenvalue weighted by molar-refractivity contribution is 6.19. The number of halogens is 1. The predicted molar refractivity (Wildman–Crippen MR) is 69.5 cm³/mol. The number of amides is 1. The third-order valence-corrected chi connectivity index (χ3v) is 2.98. The molecule has 5 heteroatoms. The lowest BCUT2D eigenvalue weighted by Crippen LogP contribution is -2.29. The first kappa shape index (κ1) is 14.5. The second kappa shape index (κ2) is 7.01. The number of rotatable bonds is 5. The van der Waals surface area contributed by atoms with Crippen LogP contribution >= 0.6 is 11.6 Å². The number of benzene rings is 1. The Hall–Kier alpha value is -1.55. The zero-order valence-electron chi connectivity index (χ0n) is 10.4. The first-order valence-corrected chi connectivity index (χ1v) is 6.13. The molecule has 1 amide bonds. The van der Waals surface area contributed by atoms with E-state index in [0.717, 1.165) is 5.56 Å². The van der Waals surface area contributed by atoms with Crippen LogP contribution in [0.2, 0.25) is 0 Å². The Balaban J connectivity index is 2.54. The van der Waals surface area contributed by atoms with Gasteiger partial charge in [0.2, 0.25) is 5.91 Å². The van der Waals surface area contributed by atoms with Gasteiger partial charge in [0.15, 0.2) is 0 Å². The molecule has 1 rings (SSSR count). The van der Waals surface area contributed by atoms with Crippen LogP contribution in [0.3, 0.4) is 0 Å². The summed E-state index contributed by atoms with van der Waals surface area (Å²) >= 11 is 5.59. The molecule has 0 fully saturated rings. The molecule has 0 aromatic heterocycles. The van der Waals surface area contributed by atoms with Crippen molar-refractivity contribution in [1.29, 1.82) is 0 Å². The molecule has 1 aromatic rings. The molecule has 0 aliphatic rings. The topological polar surface area (TPSA) is 55.4 Å². The summed E-state index contributed by atoms with van der Waals surface area (Å²) in [5.41, 5.74) is 1.40. The Kier molecular flexibility index (Phi) is 5.65. The van der Waals surface area contributed by atoms with Gasteiger partial charge in [-0.05, 0) is 17.7 Å². The van der Waals surface area contributed by atoms with Gasteiger partial charge in [-0.3, -0.25) is 4.79 Å². The zero-order valence-corrected chi connectivity index (χ0v) is 11.2. The number of hydrogen-bond donors (Lipinski definition) is 1. The monoisotopic (exact) mass is 269 g/mol. The first-order valence-electron chi connectivity index (χ1n) is 5.59. The molecular weight excluding hydrogens is 254 g/mol. The molecule has 1 N–H and O–H groups in total. The molecule has 0 saturated carbocycles. The van der Waals surface area contributed by atoms with Gasteiger partial charge in [-0.1, -0.05) is 19.1 Å². The molecule has 0 spiro atoms. The predicted octanol–water partition coefficient (Wildman–Crippen LogP) is 1.96. The van der Waals surface area contributed by atoms with Crippen LogP contribution in [0.4, 0.5) is 0 Å². The van der Waals surface area contributed by atoms with Crippen molar-refractivity contribution in [2.75, 3.05) is 13.0 Å². The quantitative estimate of drug-likeness (QED) is 0.657. The van der Waals surface area contributed by atoms with Crippen LogP contribution in [0, 0.1) is 5.92 Å². The minimum atomic E-state index is -0.374. The van der Waals surface area contributed by atoms with E-state index in [1.165, 1.54) is 7.11 Å². The molecular formula is C13H16ClNO3. The second-order valence-electron chi connectivity index (χ2n) is 3.96. The zero-order chi connectivity index (χ0) is 13.5. The van der Waals surface area contributed by atoms with Gasteiger partial charge < -0.3 is 10.1 Å². The maximum absolute atomic E-state index is 11.5. The maximum atomic E-state index is 11.5. The molecule has 1 aromatic carbocycles. The Labute approximate surface area is 111 Å². The van der Waals surface area contributed by atoms with Crippen molar-refractivity contribution in [1.82, 2.24) is 5.32 Å². The van der Waals surface area contributed by atoms with Gasteiger partial charge >= 0.3 is 5.97 Å². The van der Waals surface area contributed by atoms with Crippen molar-refractivity contribution < 1.29 is 14.3 Å². The number of carbonyl (C=O) groups excluding carboxylic acids is 2. The third-order valence-electron chi connectivity index (χ3n) is 2.52. The van der Waals surface area contributed by atoms with Crippen molar-refractivity contribution in [3.8, 4) is 0 Å².